The summed E-state index contributed by atoms with van der Waals surface area (Å²) in [5, 5.41) is 23.6. The van der Waals surface area contributed by atoms with Crippen molar-refractivity contribution in [3.63, 3.8) is 0 Å². The van der Waals surface area contributed by atoms with Gasteiger partial charge in [-0.25, -0.2) is 0 Å². The smallest absolute Gasteiger partial charge is 0.129 e. The first-order chi connectivity index (χ1) is 10.4. The van der Waals surface area contributed by atoms with Gasteiger partial charge in [0.25, 0.3) is 0 Å². The summed E-state index contributed by atoms with van der Waals surface area (Å²) in [5.41, 5.74) is 1.69. The molecule has 1 atom stereocenters. The summed E-state index contributed by atoms with van der Waals surface area (Å²) in [7, 11) is 0. The van der Waals surface area contributed by atoms with E-state index in [1.807, 2.05) is 30.7 Å². The van der Waals surface area contributed by atoms with Crippen molar-refractivity contribution >= 4 is 22.7 Å². The lowest BCUT2D eigenvalue weighted by Crippen LogP contribution is -2.42. The highest BCUT2D eigenvalue weighted by Gasteiger charge is 2.17. The molecule has 0 amide bonds. The third kappa shape index (κ3) is 4.39. The second kappa shape index (κ2) is 7.37. The molecule has 5 nitrogen and oxygen atoms in total. The molecule has 6 heteroatoms. The molecule has 1 aromatic carbocycles. The average Bonchev–Trinajstić information content (AvgIpc) is 2.99. The molecule has 0 saturated heterocycles. The fraction of sp³-hybridized carbons (Fsp3) is 0.500. The quantitative estimate of drug-likeness (QED) is 0.559. The summed E-state index contributed by atoms with van der Waals surface area (Å²) in [4.78, 5) is 3.03. The molecule has 0 bridgehead atoms. The lowest BCUT2D eigenvalue weighted by Gasteiger charge is -2.25. The minimum Gasteiger partial charge on any atom is -0.490 e. The van der Waals surface area contributed by atoms with E-state index in [9.17, 15) is 10.2 Å². The van der Waals surface area contributed by atoms with Gasteiger partial charge >= 0.3 is 0 Å². The molecular weight excluding hydrogens is 300 g/mol. The second-order valence-electron chi connectivity index (χ2n) is 5.75. The Morgan fingerprint density at radius 2 is 2.18 bits per heavy atom. The molecule has 0 radical (unpaired) electrons. The average molecular weight is 324 g/mol. The predicted molar refractivity (Wildman–Crippen MR) is 91.3 cm³/mol. The zero-order valence-electron chi connectivity index (χ0n) is 13.2. The van der Waals surface area contributed by atoms with Crippen LogP contribution in [0.25, 0.3) is 10.9 Å². The van der Waals surface area contributed by atoms with E-state index < -0.39 is 6.10 Å². The van der Waals surface area contributed by atoms with Crippen molar-refractivity contribution in [3.8, 4) is 5.75 Å². The Morgan fingerprint density at radius 1 is 1.41 bits per heavy atom. The van der Waals surface area contributed by atoms with E-state index in [-0.39, 0.29) is 18.1 Å². The number of fused-ring (bicyclic) bond motifs is 1. The number of aliphatic hydroxyl groups is 2. The van der Waals surface area contributed by atoms with E-state index in [2.05, 4.69) is 24.1 Å². The van der Waals surface area contributed by atoms with Gasteiger partial charge in [-0.3, -0.25) is 0 Å². The summed E-state index contributed by atoms with van der Waals surface area (Å²) in [6.07, 6.45) is 3.26. The van der Waals surface area contributed by atoms with Crippen molar-refractivity contribution in [3.05, 3.63) is 30.0 Å². The maximum Gasteiger partial charge on any atom is 0.129 e. The molecule has 2 rings (SSSR count). The van der Waals surface area contributed by atoms with E-state index in [1.54, 1.807) is 11.8 Å². The van der Waals surface area contributed by atoms with Crippen LogP contribution in [-0.2, 0) is 6.61 Å². The fourth-order valence-corrected chi connectivity index (χ4v) is 2.31. The molecular formula is C16H24N2O3S. The monoisotopic (exact) mass is 324 g/mol. The molecule has 0 aliphatic carbocycles. The predicted octanol–water partition coefficient (Wildman–Crippen LogP) is 2.09. The minimum atomic E-state index is -0.599. The van der Waals surface area contributed by atoms with Gasteiger partial charge in [-0.2, -0.15) is 0 Å². The van der Waals surface area contributed by atoms with E-state index in [1.165, 1.54) is 0 Å². The third-order valence-electron chi connectivity index (χ3n) is 3.58. The Bertz CT molecular complexity index is 612. The van der Waals surface area contributed by atoms with Crippen LogP contribution in [0.2, 0.25) is 0 Å². The normalized spacial score (nSPS) is 13.5. The molecule has 1 heterocycles. The minimum absolute atomic E-state index is 0.0443. The highest BCUT2D eigenvalue weighted by Crippen LogP contribution is 2.27. The molecule has 4 N–H and O–H groups in total. The number of thioether (sulfide) groups is 1. The van der Waals surface area contributed by atoms with Gasteiger partial charge in [0, 0.05) is 23.6 Å². The molecule has 0 aliphatic rings. The third-order valence-corrected chi connectivity index (χ3v) is 4.74. The highest BCUT2D eigenvalue weighted by molar-refractivity contribution is 7.99. The van der Waals surface area contributed by atoms with E-state index >= 15 is 0 Å². The van der Waals surface area contributed by atoms with Crippen molar-refractivity contribution < 1.29 is 14.9 Å². The number of hydrogen-bond acceptors (Lipinski definition) is 5. The van der Waals surface area contributed by atoms with Crippen LogP contribution >= 0.6 is 11.8 Å². The molecule has 22 heavy (non-hydrogen) atoms. The molecule has 122 valence electrons. The Morgan fingerprint density at radius 3 is 2.86 bits per heavy atom. The summed E-state index contributed by atoms with van der Waals surface area (Å²) < 4.78 is 5.75. The number of benzene rings is 1. The Kier molecular flexibility index (Phi) is 5.74. The van der Waals surface area contributed by atoms with Gasteiger partial charge in [0.2, 0.25) is 0 Å². The van der Waals surface area contributed by atoms with Gasteiger partial charge in [0.1, 0.15) is 18.5 Å². The van der Waals surface area contributed by atoms with Crippen LogP contribution in [0.5, 0.6) is 5.75 Å². The van der Waals surface area contributed by atoms with E-state index in [4.69, 9.17) is 4.74 Å². The van der Waals surface area contributed by atoms with Crippen LogP contribution < -0.4 is 10.1 Å². The van der Waals surface area contributed by atoms with Crippen molar-refractivity contribution in [2.75, 3.05) is 19.4 Å². The Labute approximate surface area is 135 Å². The maximum atomic E-state index is 10.1. The van der Waals surface area contributed by atoms with Crippen LogP contribution in [-0.4, -0.2) is 45.6 Å². The summed E-state index contributed by atoms with van der Waals surface area (Å²) in [5.74, 6) is 0.672. The zero-order chi connectivity index (χ0) is 16.2. The maximum absolute atomic E-state index is 10.1. The summed E-state index contributed by atoms with van der Waals surface area (Å²) in [6, 6.07) is 5.62. The first-order valence-electron chi connectivity index (χ1n) is 7.27. The molecule has 1 unspecified atom stereocenters. The molecule has 1 aromatic heterocycles. The van der Waals surface area contributed by atoms with Crippen LogP contribution in [0.3, 0.4) is 0 Å². The number of ether oxygens (including phenoxy) is 1. The number of H-pyrrole nitrogens is 1. The standard InChI is InChI=1S/C16H24N2O3S/c1-16(2,22-3)18-8-12(20)10-21-15-7-11(9-19)6-14-13(15)4-5-17-14/h4-7,12,17-20H,8-10H2,1-3H3. The van der Waals surface area contributed by atoms with E-state index in [0.717, 1.165) is 16.5 Å². The van der Waals surface area contributed by atoms with Crippen molar-refractivity contribution in [1.29, 1.82) is 0 Å². The van der Waals surface area contributed by atoms with E-state index in [0.29, 0.717) is 12.3 Å². The Hall–Kier alpha value is -1.21. The second-order valence-corrected chi connectivity index (χ2v) is 7.18. The molecule has 0 fully saturated rings. The number of aromatic amines is 1. The first-order valence-corrected chi connectivity index (χ1v) is 8.49. The fourth-order valence-electron chi connectivity index (χ4n) is 2.08. The van der Waals surface area contributed by atoms with Crippen LogP contribution in [0.4, 0.5) is 0 Å². The van der Waals surface area contributed by atoms with Gasteiger partial charge in [0.15, 0.2) is 0 Å². The van der Waals surface area contributed by atoms with Crippen molar-refractivity contribution in [2.45, 2.75) is 31.4 Å². The summed E-state index contributed by atoms with van der Waals surface area (Å²) in [6.45, 7) is 4.76. The zero-order valence-corrected chi connectivity index (χ0v) is 14.0. The molecule has 0 aliphatic heterocycles. The largest absolute Gasteiger partial charge is 0.490 e. The van der Waals surface area contributed by atoms with Crippen LogP contribution in [0.1, 0.15) is 19.4 Å². The topological polar surface area (TPSA) is 77.5 Å². The SMILES string of the molecule is CSC(C)(C)NCC(O)COc1cc(CO)cc2[nH]ccc12. The number of aliphatic hydroxyl groups excluding tert-OH is 2. The molecule has 0 spiro atoms. The van der Waals surface area contributed by atoms with Gasteiger partial charge in [-0.1, -0.05) is 0 Å². The van der Waals surface area contributed by atoms with Crippen LogP contribution in [0.15, 0.2) is 24.4 Å². The molecule has 0 saturated carbocycles. The van der Waals surface area contributed by atoms with Crippen molar-refractivity contribution in [1.82, 2.24) is 10.3 Å². The highest BCUT2D eigenvalue weighted by atomic mass is 32.2. The first kappa shape index (κ1) is 17.1. The van der Waals surface area contributed by atoms with Crippen LogP contribution in [0, 0.1) is 0 Å². The van der Waals surface area contributed by atoms with Gasteiger partial charge in [-0.15, -0.1) is 11.8 Å². The van der Waals surface area contributed by atoms with Gasteiger partial charge in [0.05, 0.1) is 11.5 Å². The van der Waals surface area contributed by atoms with Gasteiger partial charge < -0.3 is 25.3 Å². The number of hydrogen-bond donors (Lipinski definition) is 4. The molecule has 2 aromatic rings. The number of nitrogens with one attached hydrogen (secondary N) is 2. The number of rotatable bonds is 8. The lowest BCUT2D eigenvalue weighted by atomic mass is 10.1. The van der Waals surface area contributed by atoms with Crippen molar-refractivity contribution in [2.24, 2.45) is 0 Å². The lowest BCUT2D eigenvalue weighted by molar-refractivity contribution is 0.104. The summed E-state index contributed by atoms with van der Waals surface area (Å²) >= 11 is 1.70. The Balaban J connectivity index is 1.98. The van der Waals surface area contributed by atoms with Gasteiger partial charge in [-0.05, 0) is 43.9 Å². The number of aromatic nitrogens is 1.